The summed E-state index contributed by atoms with van der Waals surface area (Å²) in [4.78, 5) is 20.0. The van der Waals surface area contributed by atoms with Crippen LogP contribution in [0.25, 0.3) is 11.0 Å². The van der Waals surface area contributed by atoms with E-state index in [0.717, 1.165) is 43.5 Å². The molecule has 0 unspecified atom stereocenters. The van der Waals surface area contributed by atoms with Gasteiger partial charge in [0, 0.05) is 24.3 Å². The second kappa shape index (κ2) is 5.99. The molecule has 2 aromatic rings. The molecule has 2 aromatic heterocycles. The third kappa shape index (κ3) is 3.04. The van der Waals surface area contributed by atoms with Crippen molar-refractivity contribution in [3.8, 4) is 0 Å². The summed E-state index contributed by atoms with van der Waals surface area (Å²) in [6.07, 6.45) is 8.28. The first kappa shape index (κ1) is 16.9. The molecule has 1 aliphatic heterocycles. The van der Waals surface area contributed by atoms with Gasteiger partial charge < -0.3 is 14.8 Å². The minimum absolute atomic E-state index is 0.0350. The van der Waals surface area contributed by atoms with Crippen LogP contribution < -0.4 is 5.32 Å². The van der Waals surface area contributed by atoms with Crippen molar-refractivity contribution in [2.24, 2.45) is 0 Å². The van der Waals surface area contributed by atoms with Crippen molar-refractivity contribution in [3.63, 3.8) is 0 Å². The van der Waals surface area contributed by atoms with E-state index in [4.69, 9.17) is 11.6 Å². The average molecular weight is 361 g/mol. The molecule has 1 aliphatic carbocycles. The zero-order valence-electron chi connectivity index (χ0n) is 14.9. The number of pyridine rings is 1. The molecule has 4 rings (SSSR count). The van der Waals surface area contributed by atoms with Crippen molar-refractivity contribution in [2.75, 3.05) is 19.6 Å². The first-order valence-electron chi connectivity index (χ1n) is 9.08. The molecule has 25 heavy (non-hydrogen) atoms. The predicted molar refractivity (Wildman–Crippen MR) is 99.8 cm³/mol. The summed E-state index contributed by atoms with van der Waals surface area (Å²) in [5.74, 6) is 0.0449. The molecule has 134 valence electrons. The highest BCUT2D eigenvalue weighted by Gasteiger charge is 2.48. The number of carbonyl (C=O) groups excluding carboxylic acids is 1. The summed E-state index contributed by atoms with van der Waals surface area (Å²) < 4.78 is 1.93. The number of carbonyl (C=O) groups is 1. The fourth-order valence-corrected chi connectivity index (χ4v) is 4.01. The highest BCUT2D eigenvalue weighted by molar-refractivity contribution is 6.35. The van der Waals surface area contributed by atoms with E-state index in [1.165, 1.54) is 12.8 Å². The Hall–Kier alpha value is -1.59. The van der Waals surface area contributed by atoms with Crippen LogP contribution in [0.2, 0.25) is 5.02 Å². The van der Waals surface area contributed by atoms with E-state index in [9.17, 15) is 4.79 Å². The first-order valence-corrected chi connectivity index (χ1v) is 9.46. The van der Waals surface area contributed by atoms with E-state index < -0.39 is 5.54 Å². The molecule has 6 heteroatoms. The molecule has 0 radical (unpaired) electrons. The fraction of sp³-hybridized carbons (Fsp3) is 0.579. The highest BCUT2D eigenvalue weighted by atomic mass is 35.5. The summed E-state index contributed by atoms with van der Waals surface area (Å²) in [5, 5.41) is 4.88. The minimum Gasteiger partial charge on any atom is -0.347 e. The monoisotopic (exact) mass is 360 g/mol. The molecular formula is C19H25ClN4O. The van der Waals surface area contributed by atoms with Gasteiger partial charge in [-0.15, -0.1) is 0 Å². The van der Waals surface area contributed by atoms with Crippen LogP contribution in [0.1, 0.15) is 39.5 Å². The van der Waals surface area contributed by atoms with Crippen molar-refractivity contribution in [1.29, 1.82) is 0 Å². The molecular weight excluding hydrogens is 336 g/mol. The van der Waals surface area contributed by atoms with Gasteiger partial charge in [-0.3, -0.25) is 4.79 Å². The summed E-state index contributed by atoms with van der Waals surface area (Å²) in [6, 6.07) is 3.70. The number of halogens is 1. The standard InChI is InChI=1S/C19H25ClN4O/c1-18(2,24-12-6-14-15(20)5-9-21-16(14)24)17(25)22-19(7-8-19)13-23-10-3-4-11-23/h5-6,9,12H,3-4,7-8,10-11,13H2,1-2H3,(H,22,25). The van der Waals surface area contributed by atoms with Crippen LogP contribution in [-0.4, -0.2) is 45.5 Å². The van der Waals surface area contributed by atoms with Crippen molar-refractivity contribution >= 4 is 28.5 Å². The third-order valence-electron chi connectivity index (χ3n) is 5.65. The van der Waals surface area contributed by atoms with Gasteiger partial charge in [0.1, 0.15) is 11.2 Å². The van der Waals surface area contributed by atoms with Crippen molar-refractivity contribution < 1.29 is 4.79 Å². The van der Waals surface area contributed by atoms with E-state index in [0.29, 0.717) is 5.02 Å². The number of aromatic nitrogens is 2. The topological polar surface area (TPSA) is 50.2 Å². The minimum atomic E-state index is -0.722. The van der Waals surface area contributed by atoms with E-state index in [1.54, 1.807) is 12.3 Å². The van der Waals surface area contributed by atoms with Crippen LogP contribution >= 0.6 is 11.6 Å². The van der Waals surface area contributed by atoms with Gasteiger partial charge in [-0.05, 0) is 64.8 Å². The fourth-order valence-electron chi connectivity index (χ4n) is 3.80. The molecule has 0 atom stereocenters. The quantitative estimate of drug-likeness (QED) is 0.891. The Bertz CT molecular complexity index is 803. The summed E-state index contributed by atoms with van der Waals surface area (Å²) in [6.45, 7) is 7.18. The highest BCUT2D eigenvalue weighted by Crippen LogP contribution is 2.38. The molecule has 1 saturated carbocycles. The maximum atomic E-state index is 13.1. The lowest BCUT2D eigenvalue weighted by molar-refractivity contribution is -0.129. The van der Waals surface area contributed by atoms with Crippen LogP contribution in [0.5, 0.6) is 0 Å². The van der Waals surface area contributed by atoms with Crippen LogP contribution in [0, 0.1) is 0 Å². The van der Waals surface area contributed by atoms with Crippen LogP contribution in [0.15, 0.2) is 24.5 Å². The Morgan fingerprint density at radius 3 is 2.72 bits per heavy atom. The SMILES string of the molecule is CC(C)(C(=O)NC1(CN2CCCC2)CC1)n1ccc2c(Cl)ccnc21. The Kier molecular flexibility index (Phi) is 4.04. The third-order valence-corrected chi connectivity index (χ3v) is 5.98. The van der Waals surface area contributed by atoms with E-state index in [2.05, 4.69) is 15.2 Å². The van der Waals surface area contributed by atoms with Gasteiger partial charge in [0.05, 0.1) is 10.6 Å². The number of hydrogen-bond acceptors (Lipinski definition) is 3. The van der Waals surface area contributed by atoms with Gasteiger partial charge in [0.15, 0.2) is 0 Å². The van der Waals surface area contributed by atoms with Crippen LogP contribution in [0.3, 0.4) is 0 Å². The summed E-state index contributed by atoms with van der Waals surface area (Å²) in [7, 11) is 0. The van der Waals surface area contributed by atoms with Crippen molar-refractivity contribution in [3.05, 3.63) is 29.5 Å². The second-order valence-electron chi connectivity index (χ2n) is 7.99. The lowest BCUT2D eigenvalue weighted by atomic mass is 10.0. The molecule has 1 amide bonds. The van der Waals surface area contributed by atoms with Gasteiger partial charge in [0.25, 0.3) is 0 Å². The molecule has 1 N–H and O–H groups in total. The molecule has 0 spiro atoms. The number of nitrogens with zero attached hydrogens (tertiary/aromatic N) is 3. The Labute approximate surface area is 153 Å². The van der Waals surface area contributed by atoms with Crippen molar-refractivity contribution in [1.82, 2.24) is 19.8 Å². The number of rotatable bonds is 5. The van der Waals surface area contributed by atoms with Crippen LogP contribution in [0.4, 0.5) is 0 Å². The van der Waals surface area contributed by atoms with Crippen LogP contribution in [-0.2, 0) is 10.3 Å². The zero-order chi connectivity index (χ0) is 17.7. The Balaban J connectivity index is 1.55. The summed E-state index contributed by atoms with van der Waals surface area (Å²) >= 11 is 6.25. The normalized spacial score (nSPS) is 20.1. The molecule has 3 heterocycles. The van der Waals surface area contributed by atoms with Gasteiger partial charge >= 0.3 is 0 Å². The number of nitrogens with one attached hydrogen (secondary N) is 1. The van der Waals surface area contributed by atoms with Gasteiger partial charge in [-0.2, -0.15) is 0 Å². The average Bonchev–Trinajstić information content (AvgIpc) is 2.99. The molecule has 0 bridgehead atoms. The van der Waals surface area contributed by atoms with Gasteiger partial charge in [0.2, 0.25) is 5.91 Å². The number of fused-ring (bicyclic) bond motifs is 1. The molecule has 1 saturated heterocycles. The van der Waals surface area contributed by atoms with E-state index in [1.807, 2.05) is 30.7 Å². The lowest BCUT2D eigenvalue weighted by Crippen LogP contribution is -2.52. The van der Waals surface area contributed by atoms with E-state index >= 15 is 0 Å². The second-order valence-corrected chi connectivity index (χ2v) is 8.40. The lowest BCUT2D eigenvalue weighted by Gasteiger charge is -2.31. The smallest absolute Gasteiger partial charge is 0.246 e. The largest absolute Gasteiger partial charge is 0.347 e. The maximum Gasteiger partial charge on any atom is 0.246 e. The molecule has 2 aliphatic rings. The number of amides is 1. The van der Waals surface area contributed by atoms with Gasteiger partial charge in [-0.25, -0.2) is 4.98 Å². The number of hydrogen-bond donors (Lipinski definition) is 1. The molecule has 5 nitrogen and oxygen atoms in total. The Morgan fingerprint density at radius 1 is 1.32 bits per heavy atom. The van der Waals surface area contributed by atoms with Gasteiger partial charge in [-0.1, -0.05) is 11.6 Å². The van der Waals surface area contributed by atoms with E-state index in [-0.39, 0.29) is 11.4 Å². The summed E-state index contributed by atoms with van der Waals surface area (Å²) in [5.41, 5.74) is -0.00993. The first-order chi connectivity index (χ1) is 11.9. The maximum absolute atomic E-state index is 13.1. The van der Waals surface area contributed by atoms with Crippen molar-refractivity contribution in [2.45, 2.75) is 50.6 Å². The number of likely N-dealkylation sites (tertiary alicyclic amines) is 1. The predicted octanol–water partition coefficient (Wildman–Crippen LogP) is 3.17. The zero-order valence-corrected chi connectivity index (χ0v) is 15.6. The molecule has 0 aromatic carbocycles. The molecule has 2 fully saturated rings. The Morgan fingerprint density at radius 2 is 2.04 bits per heavy atom.